The second kappa shape index (κ2) is 11.2. The second-order valence-electron chi connectivity index (χ2n) is 9.13. The molecule has 2 saturated heterocycles. The molecule has 178 valence electrons. The third-order valence-electron chi connectivity index (χ3n) is 6.47. The standard InChI is InChI=1S/C23H36ClN5O3/c1-15(25)11-22(30)29-9-3-16(4-10-29)14-28-7-5-17(6-8-28)27-23(31)18-12-19(24)20(26)13-21(18)32-2/h12-13,15-17H,3-11,14,25-26H2,1-2H3,(H,27,31). The number of piperidine rings is 2. The predicted octanol–water partition coefficient (Wildman–Crippen LogP) is 2.10. The molecule has 0 saturated carbocycles. The Kier molecular flexibility index (Phi) is 8.62. The Morgan fingerprint density at radius 1 is 1.19 bits per heavy atom. The number of halogens is 1. The molecule has 32 heavy (non-hydrogen) atoms. The van der Waals surface area contributed by atoms with E-state index in [0.29, 0.717) is 34.4 Å². The number of hydrogen-bond donors (Lipinski definition) is 3. The second-order valence-corrected chi connectivity index (χ2v) is 9.54. The number of nitrogens with zero attached hydrogens (tertiary/aromatic N) is 2. The first-order valence-corrected chi connectivity index (χ1v) is 11.8. The lowest BCUT2D eigenvalue weighted by Crippen LogP contribution is -2.47. The topological polar surface area (TPSA) is 114 Å². The molecule has 1 unspecified atom stereocenters. The van der Waals surface area contributed by atoms with E-state index in [1.54, 1.807) is 12.1 Å². The van der Waals surface area contributed by atoms with Gasteiger partial charge >= 0.3 is 0 Å². The van der Waals surface area contributed by atoms with Gasteiger partial charge in [0.1, 0.15) is 5.75 Å². The normalized spacial score (nSPS) is 19.6. The Labute approximate surface area is 195 Å². The van der Waals surface area contributed by atoms with E-state index in [0.717, 1.165) is 58.4 Å². The molecule has 2 aliphatic heterocycles. The lowest BCUT2D eigenvalue weighted by Gasteiger charge is -2.38. The molecule has 3 rings (SSSR count). The van der Waals surface area contributed by atoms with E-state index < -0.39 is 0 Å². The maximum Gasteiger partial charge on any atom is 0.255 e. The number of amides is 2. The summed E-state index contributed by atoms with van der Waals surface area (Å²) in [5.41, 5.74) is 12.4. The maximum atomic E-state index is 12.8. The van der Waals surface area contributed by atoms with Gasteiger partial charge in [-0.2, -0.15) is 0 Å². The number of benzene rings is 1. The van der Waals surface area contributed by atoms with Gasteiger partial charge < -0.3 is 31.3 Å². The minimum Gasteiger partial charge on any atom is -0.496 e. The zero-order chi connectivity index (χ0) is 23.3. The number of nitrogens with one attached hydrogen (secondary N) is 1. The summed E-state index contributed by atoms with van der Waals surface area (Å²) in [5.74, 6) is 1.02. The van der Waals surface area contributed by atoms with Crippen molar-refractivity contribution in [2.75, 3.05) is 45.6 Å². The Hall–Kier alpha value is -2.03. The molecule has 5 N–H and O–H groups in total. The van der Waals surface area contributed by atoms with Gasteiger partial charge in [-0.05, 0) is 44.6 Å². The Morgan fingerprint density at radius 2 is 1.84 bits per heavy atom. The predicted molar refractivity (Wildman–Crippen MR) is 127 cm³/mol. The zero-order valence-electron chi connectivity index (χ0n) is 19.1. The van der Waals surface area contributed by atoms with Crippen molar-refractivity contribution in [1.29, 1.82) is 0 Å². The van der Waals surface area contributed by atoms with Gasteiger partial charge in [0.15, 0.2) is 0 Å². The van der Waals surface area contributed by atoms with Crippen molar-refractivity contribution in [2.45, 2.75) is 51.1 Å². The summed E-state index contributed by atoms with van der Waals surface area (Å²) in [6, 6.07) is 3.18. The van der Waals surface area contributed by atoms with Crippen LogP contribution in [0.4, 0.5) is 5.69 Å². The van der Waals surface area contributed by atoms with E-state index in [1.165, 1.54) is 7.11 Å². The van der Waals surface area contributed by atoms with Crippen molar-refractivity contribution in [2.24, 2.45) is 11.7 Å². The molecular weight excluding hydrogens is 430 g/mol. The van der Waals surface area contributed by atoms with Crippen LogP contribution in [0.5, 0.6) is 5.75 Å². The molecule has 1 aromatic rings. The van der Waals surface area contributed by atoms with Crippen molar-refractivity contribution in [3.05, 3.63) is 22.7 Å². The fourth-order valence-electron chi connectivity index (χ4n) is 4.57. The molecule has 2 heterocycles. The average molecular weight is 466 g/mol. The molecular formula is C23H36ClN5O3. The summed E-state index contributed by atoms with van der Waals surface area (Å²) in [7, 11) is 1.51. The number of carbonyl (C=O) groups is 2. The SMILES string of the molecule is COc1cc(N)c(Cl)cc1C(=O)NC1CCN(CC2CCN(C(=O)CC(C)N)CC2)CC1. The number of rotatable bonds is 7. The molecule has 2 amide bonds. The smallest absolute Gasteiger partial charge is 0.255 e. The van der Waals surface area contributed by atoms with Crippen LogP contribution in [-0.2, 0) is 4.79 Å². The molecule has 2 fully saturated rings. The van der Waals surface area contributed by atoms with Gasteiger partial charge in [-0.1, -0.05) is 11.6 Å². The lowest BCUT2D eigenvalue weighted by molar-refractivity contribution is -0.132. The number of carbonyl (C=O) groups excluding carboxylic acids is 2. The van der Waals surface area contributed by atoms with Gasteiger partial charge in [0.25, 0.3) is 5.91 Å². The van der Waals surface area contributed by atoms with Crippen molar-refractivity contribution >= 4 is 29.1 Å². The summed E-state index contributed by atoms with van der Waals surface area (Å²) >= 11 is 6.10. The third kappa shape index (κ3) is 6.49. The highest BCUT2D eigenvalue weighted by Crippen LogP contribution is 2.29. The van der Waals surface area contributed by atoms with Crippen LogP contribution in [0.25, 0.3) is 0 Å². The maximum absolute atomic E-state index is 12.8. The number of nitrogen functional groups attached to an aromatic ring is 1. The third-order valence-corrected chi connectivity index (χ3v) is 6.79. The van der Waals surface area contributed by atoms with Crippen LogP contribution in [0.2, 0.25) is 5.02 Å². The lowest BCUT2D eigenvalue weighted by atomic mass is 9.94. The number of methoxy groups -OCH3 is 1. The van der Waals surface area contributed by atoms with Crippen molar-refractivity contribution in [3.63, 3.8) is 0 Å². The van der Waals surface area contributed by atoms with Crippen LogP contribution in [0, 0.1) is 5.92 Å². The molecule has 0 spiro atoms. The van der Waals surface area contributed by atoms with Crippen LogP contribution in [0.15, 0.2) is 12.1 Å². The number of anilines is 1. The largest absolute Gasteiger partial charge is 0.496 e. The number of nitrogens with two attached hydrogens (primary N) is 2. The molecule has 0 aliphatic carbocycles. The summed E-state index contributed by atoms with van der Waals surface area (Å²) in [6.07, 6.45) is 4.32. The fraction of sp³-hybridized carbons (Fsp3) is 0.652. The molecule has 0 radical (unpaired) electrons. The van der Waals surface area contributed by atoms with E-state index in [2.05, 4.69) is 10.2 Å². The van der Waals surface area contributed by atoms with E-state index in [1.807, 2.05) is 11.8 Å². The zero-order valence-corrected chi connectivity index (χ0v) is 19.9. The van der Waals surface area contributed by atoms with Gasteiger partial charge in [0.05, 0.1) is 23.4 Å². The summed E-state index contributed by atoms with van der Waals surface area (Å²) < 4.78 is 5.30. The molecule has 1 atom stereocenters. The van der Waals surface area contributed by atoms with Gasteiger partial charge in [-0.25, -0.2) is 0 Å². The van der Waals surface area contributed by atoms with Crippen molar-refractivity contribution in [1.82, 2.24) is 15.1 Å². The van der Waals surface area contributed by atoms with Crippen LogP contribution in [0.1, 0.15) is 49.4 Å². The highest BCUT2D eigenvalue weighted by atomic mass is 35.5. The monoisotopic (exact) mass is 465 g/mol. The van der Waals surface area contributed by atoms with E-state index in [4.69, 9.17) is 27.8 Å². The Balaban J connectivity index is 1.42. The molecule has 8 nitrogen and oxygen atoms in total. The first-order chi connectivity index (χ1) is 15.3. The van der Waals surface area contributed by atoms with Crippen LogP contribution in [-0.4, -0.2) is 73.5 Å². The Morgan fingerprint density at radius 3 is 2.44 bits per heavy atom. The van der Waals surface area contributed by atoms with E-state index in [9.17, 15) is 9.59 Å². The minimum absolute atomic E-state index is 0.0832. The van der Waals surface area contributed by atoms with Crippen LogP contribution >= 0.6 is 11.6 Å². The molecule has 2 aliphatic rings. The summed E-state index contributed by atoms with van der Waals surface area (Å²) in [4.78, 5) is 29.4. The van der Waals surface area contributed by atoms with Gasteiger partial charge in [-0.3, -0.25) is 9.59 Å². The quantitative estimate of drug-likeness (QED) is 0.531. The van der Waals surface area contributed by atoms with Gasteiger partial charge in [0, 0.05) is 57.3 Å². The van der Waals surface area contributed by atoms with Crippen LogP contribution < -0.4 is 21.5 Å². The highest BCUT2D eigenvalue weighted by molar-refractivity contribution is 6.33. The van der Waals surface area contributed by atoms with Crippen LogP contribution in [0.3, 0.4) is 0 Å². The van der Waals surface area contributed by atoms with E-state index in [-0.39, 0.29) is 23.9 Å². The fourth-order valence-corrected chi connectivity index (χ4v) is 4.74. The van der Waals surface area contributed by atoms with E-state index >= 15 is 0 Å². The minimum atomic E-state index is -0.189. The molecule has 0 aromatic heterocycles. The number of ether oxygens (including phenoxy) is 1. The number of likely N-dealkylation sites (tertiary alicyclic amines) is 2. The van der Waals surface area contributed by atoms with Crippen molar-refractivity contribution in [3.8, 4) is 5.75 Å². The molecule has 1 aromatic carbocycles. The Bertz CT molecular complexity index is 803. The van der Waals surface area contributed by atoms with Gasteiger partial charge in [-0.15, -0.1) is 0 Å². The van der Waals surface area contributed by atoms with Gasteiger partial charge in [0.2, 0.25) is 5.91 Å². The number of hydrogen-bond acceptors (Lipinski definition) is 6. The van der Waals surface area contributed by atoms with Crippen molar-refractivity contribution < 1.29 is 14.3 Å². The summed E-state index contributed by atoms with van der Waals surface area (Å²) in [5, 5.41) is 3.46. The first kappa shape index (κ1) is 24.6. The first-order valence-electron chi connectivity index (χ1n) is 11.5. The molecule has 9 heteroatoms. The molecule has 0 bridgehead atoms. The average Bonchev–Trinajstić information content (AvgIpc) is 2.76. The summed E-state index contributed by atoms with van der Waals surface area (Å²) in [6.45, 7) is 6.49. The highest BCUT2D eigenvalue weighted by Gasteiger charge is 2.27.